The van der Waals surface area contributed by atoms with Crippen molar-refractivity contribution in [3.8, 4) is 5.75 Å². The van der Waals surface area contributed by atoms with Gasteiger partial charge in [0.05, 0.1) is 7.11 Å². The monoisotopic (exact) mass is 270 g/mol. The predicted molar refractivity (Wildman–Crippen MR) is 73.6 cm³/mol. The van der Waals surface area contributed by atoms with E-state index in [4.69, 9.17) is 4.74 Å². The van der Waals surface area contributed by atoms with Crippen LogP contribution < -0.4 is 10.1 Å². The average Bonchev–Trinajstić information content (AvgIpc) is 2.38. The molecule has 0 radical (unpaired) electrons. The van der Waals surface area contributed by atoms with Gasteiger partial charge in [-0.2, -0.15) is 0 Å². The van der Waals surface area contributed by atoms with E-state index < -0.39 is 0 Å². The summed E-state index contributed by atoms with van der Waals surface area (Å²) < 4.78 is 5.08. The van der Waals surface area contributed by atoms with Crippen LogP contribution in [0.15, 0.2) is 24.3 Å². The van der Waals surface area contributed by atoms with Crippen molar-refractivity contribution in [1.29, 1.82) is 0 Å². The highest BCUT2D eigenvalue weighted by Gasteiger charge is 2.21. The average molecular weight is 271 g/mol. The number of hydrogen-bond acceptors (Lipinski definition) is 3. The Morgan fingerprint density at radius 1 is 1.39 bits per heavy atom. The molecule has 1 aromatic rings. The minimum atomic E-state index is 0. The lowest BCUT2D eigenvalue weighted by Crippen LogP contribution is -2.51. The van der Waals surface area contributed by atoms with Gasteiger partial charge in [-0.15, -0.1) is 12.4 Å². The fourth-order valence-corrected chi connectivity index (χ4v) is 2.03. The molecule has 1 fully saturated rings. The van der Waals surface area contributed by atoms with E-state index in [0.29, 0.717) is 6.04 Å². The highest BCUT2D eigenvalue weighted by Crippen LogP contribution is 2.13. The topological polar surface area (TPSA) is 41.6 Å². The minimum Gasteiger partial charge on any atom is -0.497 e. The van der Waals surface area contributed by atoms with Crippen LogP contribution in [0.1, 0.15) is 17.3 Å². The quantitative estimate of drug-likeness (QED) is 0.887. The maximum atomic E-state index is 12.2. The molecule has 1 heterocycles. The summed E-state index contributed by atoms with van der Waals surface area (Å²) in [6.07, 6.45) is 0. The van der Waals surface area contributed by atoms with Gasteiger partial charge in [0, 0.05) is 31.2 Å². The molecule has 1 saturated heterocycles. The van der Waals surface area contributed by atoms with Crippen LogP contribution in [0, 0.1) is 0 Å². The molecule has 1 aliphatic rings. The summed E-state index contributed by atoms with van der Waals surface area (Å²) in [7, 11) is 1.62. The van der Waals surface area contributed by atoms with Crippen molar-refractivity contribution in [2.24, 2.45) is 0 Å². The lowest BCUT2D eigenvalue weighted by atomic mass is 10.1. The van der Waals surface area contributed by atoms with Crippen LogP contribution in [0.3, 0.4) is 0 Å². The normalized spacial score (nSPS) is 19.0. The van der Waals surface area contributed by atoms with E-state index in [1.54, 1.807) is 7.11 Å². The molecule has 5 heteroatoms. The van der Waals surface area contributed by atoms with E-state index in [9.17, 15) is 4.79 Å². The molecule has 0 spiro atoms. The summed E-state index contributed by atoms with van der Waals surface area (Å²) >= 11 is 0. The van der Waals surface area contributed by atoms with Gasteiger partial charge in [0.1, 0.15) is 5.75 Å². The Morgan fingerprint density at radius 2 is 2.06 bits per heavy atom. The number of carbonyl (C=O) groups is 1. The number of amides is 1. The van der Waals surface area contributed by atoms with Crippen molar-refractivity contribution < 1.29 is 9.53 Å². The zero-order valence-electron chi connectivity index (χ0n) is 10.7. The van der Waals surface area contributed by atoms with Crippen LogP contribution in [-0.4, -0.2) is 43.6 Å². The number of nitrogens with one attached hydrogen (secondary N) is 1. The number of benzene rings is 1. The molecule has 4 nitrogen and oxygen atoms in total. The van der Waals surface area contributed by atoms with Gasteiger partial charge >= 0.3 is 0 Å². The number of methoxy groups -OCH3 is 1. The van der Waals surface area contributed by atoms with Gasteiger partial charge < -0.3 is 15.0 Å². The summed E-state index contributed by atoms with van der Waals surface area (Å²) in [6.45, 7) is 4.50. The molecule has 100 valence electrons. The van der Waals surface area contributed by atoms with Crippen LogP contribution in [0.4, 0.5) is 0 Å². The molecule has 1 atom stereocenters. The Kier molecular flexibility index (Phi) is 5.44. The van der Waals surface area contributed by atoms with E-state index in [-0.39, 0.29) is 18.3 Å². The Labute approximate surface area is 114 Å². The highest BCUT2D eigenvalue weighted by molar-refractivity contribution is 5.94. The zero-order chi connectivity index (χ0) is 12.3. The van der Waals surface area contributed by atoms with Gasteiger partial charge in [0.25, 0.3) is 5.91 Å². The summed E-state index contributed by atoms with van der Waals surface area (Å²) in [6, 6.07) is 7.63. The largest absolute Gasteiger partial charge is 0.497 e. The Bertz CT molecular complexity index is 394. The lowest BCUT2D eigenvalue weighted by Gasteiger charge is -2.32. The first-order valence-corrected chi connectivity index (χ1v) is 5.87. The highest BCUT2D eigenvalue weighted by atomic mass is 35.5. The standard InChI is InChI=1S/C13H18N2O2.ClH/c1-10-9-15(8-7-14-10)13(16)11-3-5-12(17-2)6-4-11;/h3-6,10,14H,7-9H2,1-2H3;1H/t10-;/m1./s1. The summed E-state index contributed by atoms with van der Waals surface area (Å²) in [4.78, 5) is 14.1. The number of nitrogens with zero attached hydrogens (tertiary/aromatic N) is 1. The molecule has 18 heavy (non-hydrogen) atoms. The number of carbonyl (C=O) groups excluding carboxylic acids is 1. The third kappa shape index (κ3) is 3.37. The fourth-order valence-electron chi connectivity index (χ4n) is 2.03. The molecular formula is C13H19ClN2O2. The van der Waals surface area contributed by atoms with Crippen molar-refractivity contribution in [3.63, 3.8) is 0 Å². The van der Waals surface area contributed by atoms with E-state index in [0.717, 1.165) is 30.9 Å². The van der Waals surface area contributed by atoms with Crippen molar-refractivity contribution in [3.05, 3.63) is 29.8 Å². The maximum Gasteiger partial charge on any atom is 0.253 e. The summed E-state index contributed by atoms with van der Waals surface area (Å²) in [5.41, 5.74) is 0.722. The van der Waals surface area contributed by atoms with Crippen molar-refractivity contribution in [2.45, 2.75) is 13.0 Å². The molecule has 1 aromatic carbocycles. The fraction of sp³-hybridized carbons (Fsp3) is 0.462. The molecule has 0 bridgehead atoms. The molecule has 1 aliphatic heterocycles. The number of halogens is 1. The number of piperazine rings is 1. The van der Waals surface area contributed by atoms with Crippen molar-refractivity contribution >= 4 is 18.3 Å². The van der Waals surface area contributed by atoms with E-state index in [1.807, 2.05) is 29.2 Å². The second kappa shape index (κ2) is 6.61. The SMILES string of the molecule is COc1ccc(C(=O)N2CCN[C@H](C)C2)cc1.Cl. The van der Waals surface area contributed by atoms with Crippen LogP contribution in [-0.2, 0) is 0 Å². The van der Waals surface area contributed by atoms with E-state index >= 15 is 0 Å². The Morgan fingerprint density at radius 3 is 2.61 bits per heavy atom. The number of ether oxygens (including phenoxy) is 1. The first-order chi connectivity index (χ1) is 8.20. The van der Waals surface area contributed by atoms with Gasteiger partial charge in [-0.3, -0.25) is 4.79 Å². The lowest BCUT2D eigenvalue weighted by molar-refractivity contribution is 0.0709. The van der Waals surface area contributed by atoms with Crippen LogP contribution in [0.25, 0.3) is 0 Å². The predicted octanol–water partition coefficient (Wildman–Crippen LogP) is 1.55. The van der Waals surface area contributed by atoms with Gasteiger partial charge in [-0.25, -0.2) is 0 Å². The van der Waals surface area contributed by atoms with Gasteiger partial charge in [-0.05, 0) is 31.2 Å². The van der Waals surface area contributed by atoms with Crippen LogP contribution in [0.5, 0.6) is 5.75 Å². The van der Waals surface area contributed by atoms with Crippen LogP contribution in [0.2, 0.25) is 0 Å². The first-order valence-electron chi connectivity index (χ1n) is 5.87. The second-order valence-electron chi connectivity index (χ2n) is 4.33. The van der Waals surface area contributed by atoms with Gasteiger partial charge in [0.15, 0.2) is 0 Å². The van der Waals surface area contributed by atoms with E-state index in [2.05, 4.69) is 12.2 Å². The molecule has 1 amide bonds. The van der Waals surface area contributed by atoms with Gasteiger partial charge in [-0.1, -0.05) is 0 Å². The molecular weight excluding hydrogens is 252 g/mol. The number of hydrogen-bond donors (Lipinski definition) is 1. The van der Waals surface area contributed by atoms with Crippen LogP contribution >= 0.6 is 12.4 Å². The summed E-state index contributed by atoms with van der Waals surface area (Å²) in [5.74, 6) is 0.872. The molecule has 2 rings (SSSR count). The molecule has 0 saturated carbocycles. The minimum absolute atomic E-state index is 0. The first kappa shape index (κ1) is 14.8. The molecule has 0 aliphatic carbocycles. The van der Waals surface area contributed by atoms with E-state index in [1.165, 1.54) is 0 Å². The van der Waals surface area contributed by atoms with Crippen molar-refractivity contribution in [1.82, 2.24) is 10.2 Å². The summed E-state index contributed by atoms with van der Waals surface area (Å²) in [5, 5.41) is 3.32. The number of rotatable bonds is 2. The Hall–Kier alpha value is -1.26. The molecule has 0 unspecified atom stereocenters. The zero-order valence-corrected chi connectivity index (χ0v) is 11.5. The second-order valence-corrected chi connectivity index (χ2v) is 4.33. The van der Waals surface area contributed by atoms with Gasteiger partial charge in [0.2, 0.25) is 0 Å². The van der Waals surface area contributed by atoms with Crippen molar-refractivity contribution in [2.75, 3.05) is 26.7 Å². The molecule has 0 aromatic heterocycles. The smallest absolute Gasteiger partial charge is 0.253 e. The third-order valence-corrected chi connectivity index (χ3v) is 2.99. The molecule has 1 N–H and O–H groups in total. The Balaban J connectivity index is 0.00000162. The third-order valence-electron chi connectivity index (χ3n) is 2.99. The maximum absolute atomic E-state index is 12.2.